The molecule has 18 heavy (non-hydrogen) atoms. The van der Waals surface area contributed by atoms with Gasteiger partial charge in [0, 0.05) is 10.6 Å². The summed E-state index contributed by atoms with van der Waals surface area (Å²) in [6.07, 6.45) is 0. The summed E-state index contributed by atoms with van der Waals surface area (Å²) in [5.41, 5.74) is 5.84. The molecule has 0 aliphatic rings. The first-order valence-corrected chi connectivity index (χ1v) is 5.36. The van der Waals surface area contributed by atoms with Gasteiger partial charge in [0.1, 0.15) is 6.04 Å². The van der Waals surface area contributed by atoms with Crippen LogP contribution in [0.3, 0.4) is 0 Å². The molecule has 6 nitrogen and oxygen atoms in total. The fraction of sp³-hybridized carbons (Fsp3) is 0.182. The van der Waals surface area contributed by atoms with E-state index >= 15 is 0 Å². The number of aliphatic carboxylic acids is 1. The Morgan fingerprint density at radius 2 is 2.06 bits per heavy atom. The predicted molar refractivity (Wildman–Crippen MR) is 68.1 cm³/mol. The first kappa shape index (κ1) is 14.0. The van der Waals surface area contributed by atoms with Crippen molar-refractivity contribution in [1.29, 1.82) is 5.41 Å². The molecule has 1 aromatic carbocycles. The van der Waals surface area contributed by atoms with Crippen LogP contribution in [0.1, 0.15) is 12.5 Å². The van der Waals surface area contributed by atoms with Gasteiger partial charge in [-0.2, -0.15) is 0 Å². The summed E-state index contributed by atoms with van der Waals surface area (Å²) in [6.45, 7) is 1.35. The number of hydrogen-bond acceptors (Lipinski definition) is 4. The summed E-state index contributed by atoms with van der Waals surface area (Å²) in [4.78, 5) is 14.1. The van der Waals surface area contributed by atoms with Gasteiger partial charge in [-0.3, -0.25) is 5.41 Å². The molecule has 0 radical (unpaired) electrons. The van der Waals surface area contributed by atoms with Crippen molar-refractivity contribution in [2.24, 2.45) is 10.7 Å². The van der Waals surface area contributed by atoms with Gasteiger partial charge in [-0.05, 0) is 31.2 Å². The smallest absolute Gasteiger partial charge is 0.328 e. The molecular formula is C11H12ClN3O3. The number of aliphatic imine (C=N–C) groups is 1. The maximum atomic E-state index is 10.5. The summed E-state index contributed by atoms with van der Waals surface area (Å²) in [7, 11) is 0. The second-order valence-electron chi connectivity index (χ2n) is 3.42. The maximum absolute atomic E-state index is 10.5. The third kappa shape index (κ3) is 4.06. The van der Waals surface area contributed by atoms with E-state index in [1.807, 2.05) is 0 Å². The number of carboxylic acid groups (broad SMARTS) is 1. The fourth-order valence-corrected chi connectivity index (χ4v) is 1.16. The Balaban J connectivity index is 2.70. The first-order valence-electron chi connectivity index (χ1n) is 4.98. The Labute approximate surface area is 109 Å². The Morgan fingerprint density at radius 1 is 1.50 bits per heavy atom. The van der Waals surface area contributed by atoms with Crippen molar-refractivity contribution < 1.29 is 14.6 Å². The molecule has 0 aliphatic carbocycles. The van der Waals surface area contributed by atoms with E-state index < -0.39 is 12.0 Å². The Kier molecular flexibility index (Phi) is 4.67. The lowest BCUT2D eigenvalue weighted by molar-refractivity contribution is -0.138. The van der Waals surface area contributed by atoms with Crippen molar-refractivity contribution >= 4 is 29.5 Å². The second kappa shape index (κ2) is 6.02. The molecule has 0 fully saturated rings. The minimum Gasteiger partial charge on any atom is -0.480 e. The van der Waals surface area contributed by atoms with Crippen LogP contribution < -0.4 is 5.73 Å². The van der Waals surface area contributed by atoms with E-state index in [0.29, 0.717) is 10.6 Å². The van der Waals surface area contributed by atoms with Crippen molar-refractivity contribution in [3.63, 3.8) is 0 Å². The third-order valence-corrected chi connectivity index (χ3v) is 2.24. The van der Waals surface area contributed by atoms with Crippen LogP contribution in [0.5, 0.6) is 0 Å². The number of halogens is 1. The van der Waals surface area contributed by atoms with Crippen LogP contribution in [0.25, 0.3) is 0 Å². The van der Waals surface area contributed by atoms with E-state index in [9.17, 15) is 4.79 Å². The largest absolute Gasteiger partial charge is 0.480 e. The zero-order chi connectivity index (χ0) is 13.7. The van der Waals surface area contributed by atoms with E-state index in [2.05, 4.69) is 4.99 Å². The number of nitrogens with two attached hydrogens (primary N) is 1. The molecule has 1 aromatic rings. The molecule has 0 bridgehead atoms. The van der Waals surface area contributed by atoms with Gasteiger partial charge < -0.3 is 15.6 Å². The lowest BCUT2D eigenvalue weighted by Crippen LogP contribution is -2.25. The molecule has 0 saturated carbocycles. The molecule has 0 aromatic heterocycles. The van der Waals surface area contributed by atoms with Gasteiger partial charge in [0.2, 0.25) is 5.90 Å². The topological polar surface area (TPSA) is 109 Å². The molecule has 0 unspecified atom stereocenters. The molecule has 0 spiro atoms. The lowest BCUT2D eigenvalue weighted by atomic mass is 10.2. The van der Waals surface area contributed by atoms with Gasteiger partial charge >= 0.3 is 5.97 Å². The van der Waals surface area contributed by atoms with Gasteiger partial charge in [-0.15, -0.1) is 0 Å². The number of nitrogens with zero attached hydrogens (tertiary/aromatic N) is 1. The summed E-state index contributed by atoms with van der Waals surface area (Å²) in [5, 5.41) is 16.8. The van der Waals surface area contributed by atoms with E-state index in [4.69, 9.17) is 32.6 Å². The number of amidine groups is 1. The van der Waals surface area contributed by atoms with Crippen LogP contribution in [0.15, 0.2) is 29.3 Å². The first-order chi connectivity index (χ1) is 8.40. The summed E-state index contributed by atoms with van der Waals surface area (Å²) in [6, 6.07) is 4.97. The molecule has 1 atom stereocenters. The van der Waals surface area contributed by atoms with Crippen molar-refractivity contribution in [1.82, 2.24) is 0 Å². The van der Waals surface area contributed by atoms with Crippen molar-refractivity contribution in [3.8, 4) is 0 Å². The monoisotopic (exact) mass is 269 g/mol. The molecule has 1 rings (SSSR count). The highest BCUT2D eigenvalue weighted by molar-refractivity contribution is 6.30. The second-order valence-corrected chi connectivity index (χ2v) is 3.86. The Bertz CT molecular complexity index is 485. The number of benzene rings is 1. The molecule has 0 aliphatic heterocycles. The van der Waals surface area contributed by atoms with E-state index in [0.717, 1.165) is 0 Å². The molecule has 0 heterocycles. The van der Waals surface area contributed by atoms with Crippen LogP contribution in [-0.4, -0.2) is 29.0 Å². The van der Waals surface area contributed by atoms with Gasteiger partial charge in [-0.1, -0.05) is 11.6 Å². The van der Waals surface area contributed by atoms with E-state index in [1.54, 1.807) is 24.3 Å². The van der Waals surface area contributed by atoms with Gasteiger partial charge in [0.25, 0.3) is 6.02 Å². The van der Waals surface area contributed by atoms with Gasteiger partial charge in [-0.25, -0.2) is 9.79 Å². The molecular weight excluding hydrogens is 258 g/mol. The Hall–Kier alpha value is -2.08. The SMILES string of the molecule is C[C@@H](N=C(N)OC(=N)c1ccc(Cl)cc1)C(=O)O. The normalized spacial score (nSPS) is 12.9. The summed E-state index contributed by atoms with van der Waals surface area (Å²) < 4.78 is 4.90. The van der Waals surface area contributed by atoms with Crippen LogP contribution in [0, 0.1) is 5.41 Å². The maximum Gasteiger partial charge on any atom is 0.328 e. The zero-order valence-corrected chi connectivity index (χ0v) is 10.3. The number of ether oxygens (including phenoxy) is 1. The van der Waals surface area contributed by atoms with Crippen LogP contribution in [0.2, 0.25) is 5.02 Å². The number of carboxylic acids is 1. The molecule has 96 valence electrons. The van der Waals surface area contributed by atoms with E-state index in [-0.39, 0.29) is 11.9 Å². The van der Waals surface area contributed by atoms with Crippen molar-refractivity contribution in [2.75, 3.05) is 0 Å². The molecule has 7 heteroatoms. The van der Waals surface area contributed by atoms with Crippen LogP contribution >= 0.6 is 11.6 Å². The van der Waals surface area contributed by atoms with Crippen LogP contribution in [0.4, 0.5) is 0 Å². The minimum atomic E-state index is -1.13. The highest BCUT2D eigenvalue weighted by atomic mass is 35.5. The fourth-order valence-electron chi connectivity index (χ4n) is 1.04. The molecule has 0 saturated heterocycles. The minimum absolute atomic E-state index is 0.231. The lowest BCUT2D eigenvalue weighted by Gasteiger charge is -2.07. The quantitative estimate of drug-likeness (QED) is 0.570. The average molecular weight is 270 g/mol. The molecule has 0 amide bonds. The summed E-state index contributed by atoms with van der Waals surface area (Å²) >= 11 is 5.70. The third-order valence-electron chi connectivity index (χ3n) is 1.99. The van der Waals surface area contributed by atoms with E-state index in [1.165, 1.54) is 6.92 Å². The predicted octanol–water partition coefficient (Wildman–Crippen LogP) is 1.47. The number of carbonyl (C=O) groups is 1. The van der Waals surface area contributed by atoms with Gasteiger partial charge in [0.15, 0.2) is 0 Å². The number of nitrogens with one attached hydrogen (secondary N) is 1. The highest BCUT2D eigenvalue weighted by Crippen LogP contribution is 2.10. The Morgan fingerprint density at radius 3 is 2.56 bits per heavy atom. The number of hydrogen-bond donors (Lipinski definition) is 3. The standard InChI is InChI=1S/C11H12ClN3O3/c1-6(10(16)17)15-11(14)18-9(13)7-2-4-8(12)5-3-7/h2-6,13H,1H3,(H2,14,15)(H,16,17)/t6-/m1/s1. The highest BCUT2D eigenvalue weighted by Gasteiger charge is 2.11. The summed E-state index contributed by atoms with van der Waals surface area (Å²) in [5.74, 6) is -1.36. The zero-order valence-electron chi connectivity index (χ0n) is 9.55. The van der Waals surface area contributed by atoms with Crippen molar-refractivity contribution in [2.45, 2.75) is 13.0 Å². The van der Waals surface area contributed by atoms with Crippen molar-refractivity contribution in [3.05, 3.63) is 34.9 Å². The van der Waals surface area contributed by atoms with Gasteiger partial charge in [0.05, 0.1) is 0 Å². The van der Waals surface area contributed by atoms with Crippen LogP contribution in [-0.2, 0) is 9.53 Å². The number of rotatable bonds is 3. The molecule has 4 N–H and O–H groups in total. The average Bonchev–Trinajstić information content (AvgIpc) is 2.29.